The minimum Gasteiger partial charge on any atom is -0.379 e. The maximum absolute atomic E-state index is 12.6. The number of ether oxygens (including phenoxy) is 1. The summed E-state index contributed by atoms with van der Waals surface area (Å²) in [5.41, 5.74) is 3.94. The summed E-state index contributed by atoms with van der Waals surface area (Å²) < 4.78 is 7.33. The fourth-order valence-electron chi connectivity index (χ4n) is 3.37. The first-order valence-corrected chi connectivity index (χ1v) is 9.53. The Bertz CT molecular complexity index is 901. The number of morpholine rings is 1. The van der Waals surface area contributed by atoms with E-state index >= 15 is 0 Å². The van der Waals surface area contributed by atoms with E-state index in [0.717, 1.165) is 44.1 Å². The van der Waals surface area contributed by atoms with Gasteiger partial charge in [-0.15, -0.1) is 0 Å². The molecular weight excluding hydrogens is 352 g/mol. The van der Waals surface area contributed by atoms with Gasteiger partial charge in [0.1, 0.15) is 0 Å². The smallest absolute Gasteiger partial charge is 0.251 e. The predicted octanol–water partition coefficient (Wildman–Crippen LogP) is 2.63. The third-order valence-corrected chi connectivity index (χ3v) is 4.94. The Balaban J connectivity index is 1.37. The zero-order valence-electron chi connectivity index (χ0n) is 15.8. The van der Waals surface area contributed by atoms with Crippen molar-refractivity contribution in [3.05, 3.63) is 83.9 Å². The monoisotopic (exact) mass is 376 g/mol. The Kier molecular flexibility index (Phi) is 5.80. The number of hydrogen-bond acceptors (Lipinski definition) is 4. The average molecular weight is 376 g/mol. The molecule has 144 valence electrons. The van der Waals surface area contributed by atoms with E-state index in [2.05, 4.69) is 15.2 Å². The highest BCUT2D eigenvalue weighted by atomic mass is 16.5. The van der Waals surface area contributed by atoms with Gasteiger partial charge in [-0.3, -0.25) is 9.69 Å². The first-order valence-electron chi connectivity index (χ1n) is 9.53. The van der Waals surface area contributed by atoms with Gasteiger partial charge in [0.15, 0.2) is 0 Å². The molecule has 0 aliphatic carbocycles. The summed E-state index contributed by atoms with van der Waals surface area (Å²) in [5, 5.41) is 3.02. The molecule has 6 heteroatoms. The first kappa shape index (κ1) is 18.4. The largest absolute Gasteiger partial charge is 0.379 e. The van der Waals surface area contributed by atoms with Gasteiger partial charge in [0, 0.05) is 44.1 Å². The maximum atomic E-state index is 12.6. The Hall–Kier alpha value is -2.96. The second-order valence-electron chi connectivity index (χ2n) is 6.87. The van der Waals surface area contributed by atoms with Gasteiger partial charge in [-0.1, -0.05) is 30.3 Å². The van der Waals surface area contributed by atoms with Gasteiger partial charge in [0.2, 0.25) is 0 Å². The molecule has 0 bridgehead atoms. The number of aromatic nitrogens is 2. The molecule has 2 aromatic carbocycles. The lowest BCUT2D eigenvalue weighted by atomic mass is 10.1. The van der Waals surface area contributed by atoms with Crippen LogP contribution in [0.1, 0.15) is 21.5 Å². The minimum absolute atomic E-state index is 0.0710. The fourth-order valence-corrected chi connectivity index (χ4v) is 3.37. The SMILES string of the molecule is O=C(NCc1ccccc1-n1ccnc1)c1ccc(CN2CCOCC2)cc1. The van der Waals surface area contributed by atoms with E-state index in [1.807, 2.05) is 59.3 Å². The molecule has 1 N–H and O–H groups in total. The molecule has 0 radical (unpaired) electrons. The van der Waals surface area contributed by atoms with E-state index in [-0.39, 0.29) is 5.91 Å². The molecule has 1 fully saturated rings. The molecule has 1 aromatic heterocycles. The zero-order valence-corrected chi connectivity index (χ0v) is 15.8. The van der Waals surface area contributed by atoms with Crippen molar-refractivity contribution in [3.63, 3.8) is 0 Å². The van der Waals surface area contributed by atoms with Crippen molar-refractivity contribution >= 4 is 5.91 Å². The zero-order chi connectivity index (χ0) is 19.2. The maximum Gasteiger partial charge on any atom is 0.251 e. The number of carbonyl (C=O) groups is 1. The van der Waals surface area contributed by atoms with E-state index in [1.165, 1.54) is 5.56 Å². The summed E-state index contributed by atoms with van der Waals surface area (Å²) in [6, 6.07) is 15.8. The van der Waals surface area contributed by atoms with Crippen LogP contribution >= 0.6 is 0 Å². The van der Waals surface area contributed by atoms with Gasteiger partial charge < -0.3 is 14.6 Å². The van der Waals surface area contributed by atoms with Crippen molar-refractivity contribution in [1.29, 1.82) is 0 Å². The molecule has 0 spiro atoms. The van der Waals surface area contributed by atoms with Gasteiger partial charge in [-0.05, 0) is 29.3 Å². The number of hydrogen-bond donors (Lipinski definition) is 1. The quantitative estimate of drug-likeness (QED) is 0.719. The summed E-state index contributed by atoms with van der Waals surface area (Å²) in [4.78, 5) is 19.0. The van der Waals surface area contributed by atoms with Gasteiger partial charge >= 0.3 is 0 Å². The number of imidazole rings is 1. The molecule has 2 heterocycles. The van der Waals surface area contributed by atoms with Gasteiger partial charge in [0.05, 0.1) is 25.2 Å². The van der Waals surface area contributed by atoms with Crippen LogP contribution in [0.15, 0.2) is 67.3 Å². The highest BCUT2D eigenvalue weighted by molar-refractivity contribution is 5.94. The Morgan fingerprint density at radius 1 is 1.07 bits per heavy atom. The van der Waals surface area contributed by atoms with E-state index in [1.54, 1.807) is 12.5 Å². The average Bonchev–Trinajstić information content (AvgIpc) is 3.28. The normalized spacial score (nSPS) is 14.7. The number of rotatable bonds is 6. The second kappa shape index (κ2) is 8.82. The topological polar surface area (TPSA) is 59.4 Å². The first-order chi connectivity index (χ1) is 13.8. The van der Waals surface area contributed by atoms with Crippen molar-refractivity contribution in [2.75, 3.05) is 26.3 Å². The lowest BCUT2D eigenvalue weighted by Crippen LogP contribution is -2.35. The molecule has 28 heavy (non-hydrogen) atoms. The number of benzene rings is 2. The third kappa shape index (κ3) is 4.47. The number of carbonyl (C=O) groups excluding carboxylic acids is 1. The van der Waals surface area contributed by atoms with Crippen LogP contribution in [-0.4, -0.2) is 46.7 Å². The Morgan fingerprint density at radius 2 is 1.86 bits per heavy atom. The molecule has 1 aliphatic heterocycles. The van der Waals surface area contributed by atoms with Crippen LogP contribution in [0.3, 0.4) is 0 Å². The lowest BCUT2D eigenvalue weighted by molar-refractivity contribution is 0.0342. The van der Waals surface area contributed by atoms with E-state index < -0.39 is 0 Å². The molecule has 1 saturated heterocycles. The van der Waals surface area contributed by atoms with Crippen LogP contribution in [-0.2, 0) is 17.8 Å². The molecule has 0 atom stereocenters. The highest BCUT2D eigenvalue weighted by Gasteiger charge is 2.12. The summed E-state index contributed by atoms with van der Waals surface area (Å²) in [6.45, 7) is 4.85. The van der Waals surface area contributed by atoms with Crippen molar-refractivity contribution in [1.82, 2.24) is 19.8 Å². The van der Waals surface area contributed by atoms with Crippen LogP contribution in [0.2, 0.25) is 0 Å². The van der Waals surface area contributed by atoms with Crippen LogP contribution < -0.4 is 5.32 Å². The van der Waals surface area contributed by atoms with Crippen LogP contribution in [0.4, 0.5) is 0 Å². The summed E-state index contributed by atoms with van der Waals surface area (Å²) in [7, 11) is 0. The molecule has 4 rings (SSSR count). The van der Waals surface area contributed by atoms with Gasteiger partial charge in [0.25, 0.3) is 5.91 Å². The lowest BCUT2D eigenvalue weighted by Gasteiger charge is -2.26. The Labute approximate surface area is 164 Å². The van der Waals surface area contributed by atoms with E-state index in [4.69, 9.17) is 4.74 Å². The predicted molar refractivity (Wildman–Crippen MR) is 107 cm³/mol. The Morgan fingerprint density at radius 3 is 2.61 bits per heavy atom. The molecular formula is C22H24N4O2. The van der Waals surface area contributed by atoms with Crippen LogP contribution in [0, 0.1) is 0 Å². The summed E-state index contributed by atoms with van der Waals surface area (Å²) in [5.74, 6) is -0.0710. The number of amides is 1. The molecule has 3 aromatic rings. The molecule has 1 amide bonds. The van der Waals surface area contributed by atoms with Gasteiger partial charge in [-0.2, -0.15) is 0 Å². The summed E-state index contributed by atoms with van der Waals surface area (Å²) >= 11 is 0. The molecule has 0 saturated carbocycles. The van der Waals surface area contributed by atoms with E-state index in [9.17, 15) is 4.79 Å². The minimum atomic E-state index is -0.0710. The summed E-state index contributed by atoms with van der Waals surface area (Å²) in [6.07, 6.45) is 5.40. The van der Waals surface area contributed by atoms with Crippen molar-refractivity contribution in [2.45, 2.75) is 13.1 Å². The van der Waals surface area contributed by atoms with Crippen LogP contribution in [0.5, 0.6) is 0 Å². The highest BCUT2D eigenvalue weighted by Crippen LogP contribution is 2.14. The van der Waals surface area contributed by atoms with Crippen molar-refractivity contribution < 1.29 is 9.53 Å². The molecule has 0 unspecified atom stereocenters. The van der Waals surface area contributed by atoms with Crippen molar-refractivity contribution in [3.8, 4) is 5.69 Å². The van der Waals surface area contributed by atoms with Crippen molar-refractivity contribution in [2.24, 2.45) is 0 Å². The molecule has 1 aliphatic rings. The van der Waals surface area contributed by atoms with Gasteiger partial charge in [-0.25, -0.2) is 4.98 Å². The fraction of sp³-hybridized carbons (Fsp3) is 0.273. The second-order valence-corrected chi connectivity index (χ2v) is 6.87. The third-order valence-electron chi connectivity index (χ3n) is 4.94. The number of nitrogens with one attached hydrogen (secondary N) is 1. The number of nitrogens with zero attached hydrogens (tertiary/aromatic N) is 3. The number of para-hydroxylation sites is 1. The standard InChI is InChI=1S/C22H24N4O2/c27-22(19-7-5-18(6-8-19)16-25-11-13-28-14-12-25)24-15-20-3-1-2-4-21(20)26-10-9-23-17-26/h1-10,17H,11-16H2,(H,24,27). The van der Waals surface area contributed by atoms with Crippen LogP contribution in [0.25, 0.3) is 5.69 Å². The molecule has 6 nitrogen and oxygen atoms in total. The van der Waals surface area contributed by atoms with E-state index in [0.29, 0.717) is 12.1 Å².